The van der Waals surface area contributed by atoms with Crippen molar-refractivity contribution in [3.8, 4) is 5.75 Å². The number of para-hydroxylation sites is 1. The maximum atomic E-state index is 7.79. The van der Waals surface area contributed by atoms with E-state index in [-0.39, 0.29) is 0 Å². The normalized spacial score (nSPS) is 15.5. The third kappa shape index (κ3) is 2.37. The van der Waals surface area contributed by atoms with E-state index in [2.05, 4.69) is 0 Å². The fourth-order valence-electron chi connectivity index (χ4n) is 1.34. The molecule has 0 unspecified atom stereocenters. The van der Waals surface area contributed by atoms with E-state index >= 15 is 0 Å². The van der Waals surface area contributed by atoms with Gasteiger partial charge in [0.15, 0.2) is 0 Å². The molecule has 0 atom stereocenters. The fraction of sp³-hybridized carbons (Fsp3) is 0.250. The summed E-state index contributed by atoms with van der Waals surface area (Å²) >= 11 is 0. The van der Waals surface area contributed by atoms with Crippen LogP contribution in [-0.4, -0.2) is 11.8 Å². The molecule has 0 aromatic heterocycles. The molecular formula is C12H14N2O. The first-order valence-corrected chi connectivity index (χ1v) is 5.04. The van der Waals surface area contributed by atoms with E-state index in [0.717, 1.165) is 24.2 Å². The Bertz CT molecular complexity index is 394. The van der Waals surface area contributed by atoms with Gasteiger partial charge in [0, 0.05) is 5.56 Å². The van der Waals surface area contributed by atoms with E-state index in [1.165, 1.54) is 6.20 Å². The zero-order valence-corrected chi connectivity index (χ0v) is 8.44. The zero-order chi connectivity index (χ0) is 10.7. The Labute approximate surface area is 89.1 Å². The van der Waals surface area contributed by atoms with Crippen LogP contribution < -0.4 is 10.5 Å². The molecule has 78 valence electrons. The number of nitrogens with one attached hydrogen (secondary N) is 1. The SMILES string of the molecule is N=C(C=CN)c1ccccc1OC1CC1. The molecule has 3 heteroatoms. The van der Waals surface area contributed by atoms with Gasteiger partial charge in [-0.2, -0.15) is 0 Å². The van der Waals surface area contributed by atoms with Crippen molar-refractivity contribution in [2.24, 2.45) is 5.73 Å². The van der Waals surface area contributed by atoms with Crippen LogP contribution in [0.4, 0.5) is 0 Å². The molecule has 0 radical (unpaired) electrons. The zero-order valence-electron chi connectivity index (χ0n) is 8.44. The van der Waals surface area contributed by atoms with E-state index in [4.69, 9.17) is 15.9 Å². The van der Waals surface area contributed by atoms with Gasteiger partial charge in [-0.05, 0) is 37.3 Å². The largest absolute Gasteiger partial charge is 0.490 e. The van der Waals surface area contributed by atoms with Crippen molar-refractivity contribution in [1.82, 2.24) is 0 Å². The summed E-state index contributed by atoms with van der Waals surface area (Å²) in [7, 11) is 0. The second-order valence-electron chi connectivity index (χ2n) is 3.59. The number of benzene rings is 1. The molecule has 0 saturated heterocycles. The first-order chi connectivity index (χ1) is 7.31. The van der Waals surface area contributed by atoms with Crippen LogP contribution in [0.25, 0.3) is 0 Å². The van der Waals surface area contributed by atoms with Gasteiger partial charge in [0.2, 0.25) is 0 Å². The molecule has 15 heavy (non-hydrogen) atoms. The third-order valence-corrected chi connectivity index (χ3v) is 2.26. The Morgan fingerprint density at radius 1 is 1.40 bits per heavy atom. The summed E-state index contributed by atoms with van der Waals surface area (Å²) in [5.74, 6) is 0.781. The molecule has 0 spiro atoms. The van der Waals surface area contributed by atoms with Crippen LogP contribution >= 0.6 is 0 Å². The van der Waals surface area contributed by atoms with Gasteiger partial charge in [0.1, 0.15) is 5.75 Å². The van der Waals surface area contributed by atoms with Gasteiger partial charge in [-0.3, -0.25) is 0 Å². The Balaban J connectivity index is 2.23. The molecule has 0 heterocycles. The average Bonchev–Trinajstić information content (AvgIpc) is 3.03. The highest BCUT2D eigenvalue weighted by molar-refractivity contribution is 6.08. The molecule has 1 saturated carbocycles. The van der Waals surface area contributed by atoms with Gasteiger partial charge >= 0.3 is 0 Å². The number of nitrogens with two attached hydrogens (primary N) is 1. The fourth-order valence-corrected chi connectivity index (χ4v) is 1.34. The van der Waals surface area contributed by atoms with Gasteiger partial charge in [-0.1, -0.05) is 12.1 Å². The number of hydrogen-bond donors (Lipinski definition) is 2. The molecule has 2 rings (SSSR count). The summed E-state index contributed by atoms with van der Waals surface area (Å²) in [6, 6.07) is 7.58. The van der Waals surface area contributed by atoms with Crippen molar-refractivity contribution in [3.63, 3.8) is 0 Å². The number of rotatable bonds is 4. The standard InChI is InChI=1S/C12H14N2O/c13-8-7-11(14)10-3-1-2-4-12(10)15-9-5-6-9/h1-4,7-9,14H,5-6,13H2. The van der Waals surface area contributed by atoms with Crippen molar-refractivity contribution in [2.75, 3.05) is 0 Å². The highest BCUT2D eigenvalue weighted by atomic mass is 16.5. The molecule has 1 aromatic carbocycles. The van der Waals surface area contributed by atoms with E-state index in [1.54, 1.807) is 6.08 Å². The maximum Gasteiger partial charge on any atom is 0.129 e. The van der Waals surface area contributed by atoms with E-state index in [1.807, 2.05) is 24.3 Å². The topological polar surface area (TPSA) is 59.1 Å². The van der Waals surface area contributed by atoms with Crippen LogP contribution in [0.2, 0.25) is 0 Å². The first-order valence-electron chi connectivity index (χ1n) is 5.04. The Hall–Kier alpha value is -1.77. The molecule has 3 N–H and O–H groups in total. The molecule has 0 amide bonds. The molecular weight excluding hydrogens is 188 g/mol. The van der Waals surface area contributed by atoms with Gasteiger partial charge in [0.05, 0.1) is 11.8 Å². The number of allylic oxidation sites excluding steroid dienone is 1. The minimum absolute atomic E-state index is 0.348. The van der Waals surface area contributed by atoms with Crippen molar-refractivity contribution < 1.29 is 4.74 Å². The van der Waals surface area contributed by atoms with Gasteiger partial charge in [0.25, 0.3) is 0 Å². The summed E-state index contributed by atoms with van der Waals surface area (Å²) in [4.78, 5) is 0. The van der Waals surface area contributed by atoms with Crippen molar-refractivity contribution in [1.29, 1.82) is 5.41 Å². The lowest BCUT2D eigenvalue weighted by molar-refractivity contribution is 0.302. The Morgan fingerprint density at radius 3 is 2.80 bits per heavy atom. The minimum Gasteiger partial charge on any atom is -0.490 e. The van der Waals surface area contributed by atoms with Crippen LogP contribution in [0, 0.1) is 5.41 Å². The molecule has 0 aliphatic heterocycles. The summed E-state index contributed by atoms with van der Waals surface area (Å²) < 4.78 is 5.71. The lowest BCUT2D eigenvalue weighted by Gasteiger charge is -2.09. The Morgan fingerprint density at radius 2 is 2.13 bits per heavy atom. The van der Waals surface area contributed by atoms with Crippen LogP contribution in [0.3, 0.4) is 0 Å². The predicted octanol–water partition coefficient (Wildman–Crippen LogP) is 2.07. The number of ether oxygens (including phenoxy) is 1. The van der Waals surface area contributed by atoms with E-state index < -0.39 is 0 Å². The van der Waals surface area contributed by atoms with Crippen molar-refractivity contribution in [2.45, 2.75) is 18.9 Å². The predicted molar refractivity (Wildman–Crippen MR) is 60.2 cm³/mol. The molecule has 1 aromatic rings. The van der Waals surface area contributed by atoms with Gasteiger partial charge in [-0.15, -0.1) is 0 Å². The lowest BCUT2D eigenvalue weighted by Crippen LogP contribution is -2.03. The van der Waals surface area contributed by atoms with Crippen LogP contribution in [0.1, 0.15) is 18.4 Å². The molecule has 3 nitrogen and oxygen atoms in total. The second-order valence-corrected chi connectivity index (χ2v) is 3.59. The monoisotopic (exact) mass is 202 g/mol. The van der Waals surface area contributed by atoms with Crippen molar-refractivity contribution in [3.05, 3.63) is 42.1 Å². The van der Waals surface area contributed by atoms with Crippen LogP contribution in [0.15, 0.2) is 36.5 Å². The molecule has 1 aliphatic carbocycles. The highest BCUT2D eigenvalue weighted by Crippen LogP contribution is 2.29. The van der Waals surface area contributed by atoms with Crippen LogP contribution in [0.5, 0.6) is 5.75 Å². The lowest BCUT2D eigenvalue weighted by atomic mass is 10.1. The maximum absolute atomic E-state index is 7.79. The summed E-state index contributed by atoms with van der Waals surface area (Å²) in [6.45, 7) is 0. The van der Waals surface area contributed by atoms with E-state index in [0.29, 0.717) is 11.8 Å². The third-order valence-electron chi connectivity index (χ3n) is 2.26. The summed E-state index contributed by atoms with van der Waals surface area (Å²) in [5.41, 5.74) is 6.45. The minimum atomic E-state index is 0.348. The molecule has 0 bridgehead atoms. The Kier molecular flexibility index (Phi) is 2.72. The van der Waals surface area contributed by atoms with Crippen LogP contribution in [-0.2, 0) is 0 Å². The van der Waals surface area contributed by atoms with E-state index in [9.17, 15) is 0 Å². The molecule has 1 fully saturated rings. The van der Waals surface area contributed by atoms with Gasteiger partial charge < -0.3 is 15.9 Å². The van der Waals surface area contributed by atoms with Crippen molar-refractivity contribution >= 4 is 5.71 Å². The second kappa shape index (κ2) is 4.17. The first kappa shape index (κ1) is 9.77. The van der Waals surface area contributed by atoms with Gasteiger partial charge in [-0.25, -0.2) is 0 Å². The average molecular weight is 202 g/mol. The molecule has 1 aliphatic rings. The smallest absolute Gasteiger partial charge is 0.129 e. The number of hydrogen-bond acceptors (Lipinski definition) is 3. The quantitative estimate of drug-likeness (QED) is 0.734. The summed E-state index contributed by atoms with van der Waals surface area (Å²) in [6.07, 6.45) is 5.52. The summed E-state index contributed by atoms with van der Waals surface area (Å²) in [5, 5.41) is 7.79. The highest BCUT2D eigenvalue weighted by Gasteiger charge is 2.24.